The van der Waals surface area contributed by atoms with Crippen LogP contribution in [0.5, 0.6) is 0 Å². The van der Waals surface area contributed by atoms with Gasteiger partial charge in [-0.25, -0.2) is 19.5 Å². The van der Waals surface area contributed by atoms with Crippen LogP contribution in [0.1, 0.15) is 24.5 Å². The van der Waals surface area contributed by atoms with Gasteiger partial charge in [0.15, 0.2) is 5.54 Å². The number of nitrogens with zero attached hydrogens (tertiary/aromatic N) is 5. The summed E-state index contributed by atoms with van der Waals surface area (Å²) in [5.41, 5.74) is -0.311. The van der Waals surface area contributed by atoms with E-state index in [1.165, 1.54) is 6.07 Å². The van der Waals surface area contributed by atoms with Gasteiger partial charge >= 0.3 is 12.1 Å². The van der Waals surface area contributed by atoms with E-state index >= 15 is 0 Å². The third-order valence-electron chi connectivity index (χ3n) is 6.65. The number of imidazole rings is 1. The average Bonchev–Trinajstić information content (AvgIpc) is 3.50. The van der Waals surface area contributed by atoms with Crippen LogP contribution in [-0.2, 0) is 16.9 Å². The number of hydrogen-bond acceptors (Lipinski definition) is 5. The molecule has 0 spiro atoms. The second-order valence-corrected chi connectivity index (χ2v) is 8.95. The average molecular weight is 493 g/mol. The Labute approximate surface area is 213 Å². The van der Waals surface area contributed by atoms with Crippen LogP contribution in [-0.4, -0.2) is 43.9 Å². The minimum Gasteiger partial charge on any atom is -0.337 e. The van der Waals surface area contributed by atoms with Crippen molar-refractivity contribution in [2.24, 2.45) is 0 Å². The molecule has 2 heterocycles. The van der Waals surface area contributed by atoms with Crippen LogP contribution in [0.15, 0.2) is 85.5 Å². The van der Waals surface area contributed by atoms with E-state index in [0.29, 0.717) is 29.8 Å². The topological polar surface area (TPSA) is 111 Å². The molecule has 1 fully saturated rings. The van der Waals surface area contributed by atoms with Crippen LogP contribution in [0.4, 0.5) is 15.3 Å². The molecular weight excluding hydrogens is 468 g/mol. The van der Waals surface area contributed by atoms with Crippen molar-refractivity contribution in [3.63, 3.8) is 0 Å². The number of nitrogens with one attached hydrogen (secondary N) is 1. The van der Waals surface area contributed by atoms with E-state index in [2.05, 4.69) is 10.3 Å². The number of hydrogen-bond donors (Lipinski definition) is 1. The Hall–Kier alpha value is -4.97. The fourth-order valence-electron chi connectivity index (χ4n) is 4.81. The van der Waals surface area contributed by atoms with E-state index in [4.69, 9.17) is 0 Å². The van der Waals surface area contributed by atoms with E-state index in [1.807, 2.05) is 53.2 Å². The van der Waals surface area contributed by atoms with Gasteiger partial charge in [0.1, 0.15) is 0 Å². The SMILES string of the molecule is CC1(c2cccc3ccccc23)C(=O)N(CCCn2ccnc2)C(=O)N1C(=O)Nc1cccc(C#N)c1. The number of carbonyl (C=O) groups is 3. The summed E-state index contributed by atoms with van der Waals surface area (Å²) in [4.78, 5) is 47.4. The lowest BCUT2D eigenvalue weighted by molar-refractivity contribution is -0.132. The summed E-state index contributed by atoms with van der Waals surface area (Å²) in [6.45, 7) is 2.31. The number of rotatable bonds is 6. The number of imide groups is 2. The van der Waals surface area contributed by atoms with E-state index in [9.17, 15) is 19.6 Å². The quantitative estimate of drug-likeness (QED) is 0.392. The predicted octanol–water partition coefficient (Wildman–Crippen LogP) is 4.71. The van der Waals surface area contributed by atoms with Crippen molar-refractivity contribution in [2.45, 2.75) is 25.4 Å². The van der Waals surface area contributed by atoms with Gasteiger partial charge < -0.3 is 9.88 Å². The number of aryl methyl sites for hydroxylation is 1. The molecule has 1 N–H and O–H groups in total. The van der Waals surface area contributed by atoms with E-state index in [1.54, 1.807) is 43.7 Å². The normalized spacial score (nSPS) is 17.3. The minimum absolute atomic E-state index is 0.143. The first-order valence-corrected chi connectivity index (χ1v) is 11.8. The highest BCUT2D eigenvalue weighted by atomic mass is 16.2. The number of fused-ring (bicyclic) bond motifs is 1. The summed E-state index contributed by atoms with van der Waals surface area (Å²) in [6.07, 6.45) is 5.64. The number of amides is 5. The molecule has 0 bridgehead atoms. The van der Waals surface area contributed by atoms with Crippen LogP contribution in [0.3, 0.4) is 0 Å². The molecule has 0 saturated carbocycles. The van der Waals surface area contributed by atoms with Gasteiger partial charge in [0.25, 0.3) is 5.91 Å². The van der Waals surface area contributed by atoms with Crippen molar-refractivity contribution in [2.75, 3.05) is 11.9 Å². The number of urea groups is 2. The van der Waals surface area contributed by atoms with Gasteiger partial charge in [0, 0.05) is 31.2 Å². The van der Waals surface area contributed by atoms with Crippen LogP contribution >= 0.6 is 0 Å². The molecule has 1 aliphatic heterocycles. The number of carbonyl (C=O) groups excluding carboxylic acids is 3. The van der Waals surface area contributed by atoms with Gasteiger partial charge in [-0.1, -0.05) is 48.5 Å². The fraction of sp³-hybridized carbons (Fsp3) is 0.179. The molecule has 0 radical (unpaired) electrons. The van der Waals surface area contributed by atoms with Gasteiger partial charge in [-0.3, -0.25) is 9.69 Å². The van der Waals surface area contributed by atoms with Crippen molar-refractivity contribution in [1.29, 1.82) is 5.26 Å². The predicted molar refractivity (Wildman–Crippen MR) is 137 cm³/mol. The first-order chi connectivity index (χ1) is 17.9. The second-order valence-electron chi connectivity index (χ2n) is 8.95. The summed E-state index contributed by atoms with van der Waals surface area (Å²) >= 11 is 0. The molecule has 5 amide bonds. The first-order valence-electron chi connectivity index (χ1n) is 11.8. The molecule has 184 valence electrons. The maximum absolute atomic E-state index is 14.0. The lowest BCUT2D eigenvalue weighted by Crippen LogP contribution is -2.49. The van der Waals surface area contributed by atoms with Gasteiger partial charge in [0.2, 0.25) is 0 Å². The maximum Gasteiger partial charge on any atom is 0.336 e. The third-order valence-corrected chi connectivity index (χ3v) is 6.65. The second kappa shape index (κ2) is 9.59. The highest BCUT2D eigenvalue weighted by molar-refractivity contribution is 6.17. The Morgan fingerprint density at radius 3 is 2.62 bits per heavy atom. The molecular formula is C28H24N6O3. The summed E-state index contributed by atoms with van der Waals surface area (Å²) in [6, 6.07) is 20.0. The number of aromatic nitrogens is 2. The van der Waals surface area contributed by atoms with E-state index in [-0.39, 0.29) is 6.54 Å². The van der Waals surface area contributed by atoms with Crippen molar-refractivity contribution in [3.05, 3.63) is 96.6 Å². The molecule has 1 unspecified atom stereocenters. The lowest BCUT2D eigenvalue weighted by Gasteiger charge is -2.31. The lowest BCUT2D eigenvalue weighted by atomic mass is 9.86. The fourth-order valence-corrected chi connectivity index (χ4v) is 4.81. The molecule has 1 atom stereocenters. The zero-order chi connectivity index (χ0) is 26.0. The highest BCUT2D eigenvalue weighted by Crippen LogP contribution is 2.41. The van der Waals surface area contributed by atoms with Gasteiger partial charge in [0.05, 0.1) is 18.0 Å². The van der Waals surface area contributed by atoms with Gasteiger partial charge in [-0.15, -0.1) is 0 Å². The van der Waals surface area contributed by atoms with Crippen LogP contribution in [0.2, 0.25) is 0 Å². The Morgan fingerprint density at radius 1 is 1.05 bits per heavy atom. The highest BCUT2D eigenvalue weighted by Gasteiger charge is 2.58. The smallest absolute Gasteiger partial charge is 0.336 e. The maximum atomic E-state index is 14.0. The summed E-state index contributed by atoms with van der Waals surface area (Å²) in [7, 11) is 0. The molecule has 5 rings (SSSR count). The Kier molecular flexibility index (Phi) is 6.15. The largest absolute Gasteiger partial charge is 0.337 e. The molecule has 4 aromatic rings. The van der Waals surface area contributed by atoms with Crippen molar-refractivity contribution in [3.8, 4) is 6.07 Å². The number of nitriles is 1. The van der Waals surface area contributed by atoms with Crippen LogP contribution in [0.25, 0.3) is 10.8 Å². The van der Waals surface area contributed by atoms with Crippen molar-refractivity contribution >= 4 is 34.4 Å². The van der Waals surface area contributed by atoms with Crippen LogP contribution < -0.4 is 5.32 Å². The molecule has 0 aliphatic carbocycles. The third kappa shape index (κ3) is 4.19. The Bertz CT molecular complexity index is 1540. The summed E-state index contributed by atoms with van der Waals surface area (Å²) < 4.78 is 1.86. The number of benzene rings is 3. The molecule has 1 aliphatic rings. The Morgan fingerprint density at radius 2 is 1.84 bits per heavy atom. The summed E-state index contributed by atoms with van der Waals surface area (Å²) in [5, 5.41) is 13.6. The molecule has 9 nitrogen and oxygen atoms in total. The van der Waals surface area contributed by atoms with Crippen molar-refractivity contribution in [1.82, 2.24) is 19.4 Å². The molecule has 9 heteroatoms. The standard InChI is InChI=1S/C28H24N6O3/c1-28(24-12-5-9-21-8-2-3-11-23(21)24)25(35)33(15-6-14-32-16-13-30-19-32)27(37)34(28)26(36)31-22-10-4-7-20(17-22)18-29/h2-5,7-13,16-17,19H,6,14-15H2,1H3,(H,31,36). The molecule has 37 heavy (non-hydrogen) atoms. The monoisotopic (exact) mass is 492 g/mol. The van der Waals surface area contributed by atoms with E-state index in [0.717, 1.165) is 20.6 Å². The van der Waals surface area contributed by atoms with Gasteiger partial charge in [-0.2, -0.15) is 5.26 Å². The summed E-state index contributed by atoms with van der Waals surface area (Å²) in [5.74, 6) is -0.472. The van der Waals surface area contributed by atoms with Crippen LogP contribution in [0, 0.1) is 11.3 Å². The van der Waals surface area contributed by atoms with Gasteiger partial charge in [-0.05, 0) is 47.9 Å². The minimum atomic E-state index is -1.58. The molecule has 3 aromatic carbocycles. The Balaban J connectivity index is 1.53. The van der Waals surface area contributed by atoms with E-state index < -0.39 is 23.5 Å². The first kappa shape index (κ1) is 23.8. The number of anilines is 1. The van der Waals surface area contributed by atoms with Crippen molar-refractivity contribution < 1.29 is 14.4 Å². The molecule has 1 aromatic heterocycles. The zero-order valence-corrected chi connectivity index (χ0v) is 20.2. The molecule has 1 saturated heterocycles. The zero-order valence-electron chi connectivity index (χ0n) is 20.2.